The number of hydrogen-bond donors (Lipinski definition) is 3. The van der Waals surface area contributed by atoms with E-state index in [9.17, 15) is 13.2 Å². The van der Waals surface area contributed by atoms with Crippen LogP contribution in [0.4, 0.5) is 13.2 Å². The monoisotopic (exact) mass is 397 g/mol. The first-order chi connectivity index (χ1) is 13.2. The molecule has 28 heavy (non-hydrogen) atoms. The number of nitrogens with one attached hydrogen (secondary N) is 1. The molecule has 1 heterocycles. The van der Waals surface area contributed by atoms with Crippen molar-refractivity contribution in [3.63, 3.8) is 0 Å². The van der Waals surface area contributed by atoms with Crippen molar-refractivity contribution >= 4 is 5.57 Å². The minimum absolute atomic E-state index is 0.212. The molecule has 1 aliphatic heterocycles. The summed E-state index contributed by atoms with van der Waals surface area (Å²) in [7, 11) is 0. The van der Waals surface area contributed by atoms with Crippen molar-refractivity contribution in [2.45, 2.75) is 51.7 Å². The van der Waals surface area contributed by atoms with Crippen LogP contribution in [-0.2, 0) is 0 Å². The third-order valence-electron chi connectivity index (χ3n) is 3.57. The first kappa shape index (κ1) is 26.1. The Kier molecular flexibility index (Phi) is 14.1. The van der Waals surface area contributed by atoms with Crippen LogP contribution >= 0.6 is 0 Å². The molecule has 5 N–H and O–H groups in total. The zero-order chi connectivity index (χ0) is 21.5. The third-order valence-corrected chi connectivity index (χ3v) is 3.57. The van der Waals surface area contributed by atoms with E-state index >= 15 is 0 Å². The molecule has 0 bridgehead atoms. The van der Waals surface area contributed by atoms with E-state index < -0.39 is 11.6 Å². The molecule has 0 spiro atoms. The van der Waals surface area contributed by atoms with E-state index in [0.29, 0.717) is 23.2 Å². The molecule has 0 aliphatic carbocycles. The Bertz CT molecular complexity index is 604. The molecular formula is C22H34F3N3. The Morgan fingerprint density at radius 1 is 1.25 bits per heavy atom. The number of alkyl halides is 1. The first-order valence-corrected chi connectivity index (χ1v) is 9.50. The van der Waals surface area contributed by atoms with E-state index in [1.54, 1.807) is 6.08 Å². The van der Waals surface area contributed by atoms with Gasteiger partial charge in [0.1, 0.15) is 11.6 Å². The van der Waals surface area contributed by atoms with E-state index in [2.05, 4.69) is 11.9 Å². The molecule has 0 saturated carbocycles. The zero-order valence-electron chi connectivity index (χ0n) is 17.1. The van der Waals surface area contributed by atoms with Crippen molar-refractivity contribution in [2.75, 3.05) is 13.2 Å². The maximum atomic E-state index is 13.1. The fourth-order valence-corrected chi connectivity index (χ4v) is 2.36. The normalized spacial score (nSPS) is 18.8. The number of halogens is 3. The van der Waals surface area contributed by atoms with Crippen LogP contribution in [0.5, 0.6) is 0 Å². The summed E-state index contributed by atoms with van der Waals surface area (Å²) in [4.78, 5) is 0. The van der Waals surface area contributed by atoms with E-state index in [4.69, 9.17) is 11.5 Å². The van der Waals surface area contributed by atoms with Gasteiger partial charge in [-0.3, -0.25) is 4.39 Å². The largest absolute Gasteiger partial charge is 0.328 e. The van der Waals surface area contributed by atoms with Gasteiger partial charge in [0.05, 0.1) is 6.67 Å². The zero-order valence-corrected chi connectivity index (χ0v) is 17.1. The van der Waals surface area contributed by atoms with Crippen LogP contribution < -0.4 is 16.8 Å². The van der Waals surface area contributed by atoms with E-state index in [0.717, 1.165) is 25.5 Å². The molecule has 0 amide bonds. The predicted molar refractivity (Wildman–Crippen MR) is 114 cm³/mol. The van der Waals surface area contributed by atoms with Crippen molar-refractivity contribution in [1.82, 2.24) is 5.32 Å². The molecule has 1 saturated heterocycles. The summed E-state index contributed by atoms with van der Waals surface area (Å²) in [6.45, 7) is 9.87. The summed E-state index contributed by atoms with van der Waals surface area (Å²) in [5.74, 6) is -1.20. The van der Waals surface area contributed by atoms with Gasteiger partial charge >= 0.3 is 0 Å². The Morgan fingerprint density at radius 2 is 1.79 bits per heavy atom. The lowest BCUT2D eigenvalue weighted by Crippen LogP contribution is -2.35. The number of allylic oxidation sites excluding steroid dienone is 4. The van der Waals surface area contributed by atoms with Gasteiger partial charge in [0.15, 0.2) is 0 Å². The van der Waals surface area contributed by atoms with Gasteiger partial charge in [0.2, 0.25) is 0 Å². The topological polar surface area (TPSA) is 64.1 Å². The van der Waals surface area contributed by atoms with Gasteiger partial charge in [0.25, 0.3) is 0 Å². The van der Waals surface area contributed by atoms with Crippen molar-refractivity contribution in [3.05, 3.63) is 66.3 Å². The fraction of sp³-hybridized carbons (Fsp3) is 0.455. The molecule has 6 heteroatoms. The molecule has 1 aliphatic rings. The summed E-state index contributed by atoms with van der Waals surface area (Å²) in [6, 6.07) is 4.25. The summed E-state index contributed by atoms with van der Waals surface area (Å²) < 4.78 is 36.5. The van der Waals surface area contributed by atoms with Gasteiger partial charge in [-0.1, -0.05) is 44.7 Å². The minimum atomic E-state index is -0.601. The maximum absolute atomic E-state index is 13.1. The smallest absolute Gasteiger partial charge is 0.126 e. The van der Waals surface area contributed by atoms with Crippen LogP contribution in [-0.4, -0.2) is 31.3 Å². The maximum Gasteiger partial charge on any atom is 0.126 e. The first-order valence-electron chi connectivity index (χ1n) is 9.50. The molecule has 0 radical (unpaired) electrons. The lowest BCUT2D eigenvalue weighted by molar-refractivity contribution is 0.527. The van der Waals surface area contributed by atoms with Gasteiger partial charge < -0.3 is 16.8 Å². The van der Waals surface area contributed by atoms with Crippen LogP contribution in [0.1, 0.15) is 39.2 Å². The van der Waals surface area contributed by atoms with Crippen molar-refractivity contribution in [1.29, 1.82) is 0 Å². The number of benzene rings is 1. The second-order valence-corrected chi connectivity index (χ2v) is 6.73. The fourth-order valence-electron chi connectivity index (χ4n) is 2.36. The summed E-state index contributed by atoms with van der Waals surface area (Å²) in [5.41, 5.74) is 12.1. The molecule has 2 unspecified atom stereocenters. The van der Waals surface area contributed by atoms with E-state index in [1.807, 2.05) is 32.1 Å². The molecule has 158 valence electrons. The SMILES string of the molecule is C=C(/C=C\C=C\CC1NCCC1N)c1cc(F)cc(F)c1.CC(C)N.CCF. The molecule has 3 nitrogen and oxygen atoms in total. The van der Waals surface area contributed by atoms with Gasteiger partial charge in [0, 0.05) is 18.2 Å². The van der Waals surface area contributed by atoms with Crippen LogP contribution in [0.2, 0.25) is 0 Å². The average Bonchev–Trinajstić information content (AvgIpc) is 2.99. The van der Waals surface area contributed by atoms with Gasteiger partial charge in [-0.15, -0.1) is 0 Å². The Labute approximate surface area is 167 Å². The second kappa shape index (κ2) is 15.1. The summed E-state index contributed by atoms with van der Waals surface area (Å²) in [6.07, 6.45) is 9.34. The molecule has 1 aromatic carbocycles. The average molecular weight is 398 g/mol. The highest BCUT2D eigenvalue weighted by Gasteiger charge is 2.21. The Balaban J connectivity index is 0.000000904. The van der Waals surface area contributed by atoms with Gasteiger partial charge in [-0.05, 0) is 55.6 Å². The quantitative estimate of drug-likeness (QED) is 0.641. The highest BCUT2D eigenvalue weighted by Crippen LogP contribution is 2.17. The molecule has 1 fully saturated rings. The van der Waals surface area contributed by atoms with Gasteiger partial charge in [-0.2, -0.15) is 0 Å². The Hall–Kier alpha value is -1.89. The molecule has 2 atom stereocenters. The lowest BCUT2D eigenvalue weighted by Gasteiger charge is -2.12. The summed E-state index contributed by atoms with van der Waals surface area (Å²) in [5, 5.41) is 3.34. The summed E-state index contributed by atoms with van der Waals surface area (Å²) >= 11 is 0. The highest BCUT2D eigenvalue weighted by molar-refractivity contribution is 5.72. The molecular weight excluding hydrogens is 363 g/mol. The van der Waals surface area contributed by atoms with Crippen LogP contribution in [0.3, 0.4) is 0 Å². The number of nitrogens with two attached hydrogens (primary N) is 2. The molecule has 0 aromatic heterocycles. The van der Waals surface area contributed by atoms with Crippen LogP contribution in [0, 0.1) is 11.6 Å². The highest BCUT2D eigenvalue weighted by atomic mass is 19.1. The van der Waals surface area contributed by atoms with Crippen molar-refractivity contribution in [3.8, 4) is 0 Å². The number of hydrogen-bond acceptors (Lipinski definition) is 3. The second-order valence-electron chi connectivity index (χ2n) is 6.73. The lowest BCUT2D eigenvalue weighted by atomic mass is 10.1. The van der Waals surface area contributed by atoms with Gasteiger partial charge in [-0.25, -0.2) is 8.78 Å². The van der Waals surface area contributed by atoms with Crippen LogP contribution in [0.15, 0.2) is 49.1 Å². The van der Waals surface area contributed by atoms with E-state index in [1.165, 1.54) is 19.1 Å². The van der Waals surface area contributed by atoms with Crippen LogP contribution in [0.25, 0.3) is 5.57 Å². The minimum Gasteiger partial charge on any atom is -0.328 e. The number of rotatable bonds is 5. The standard InChI is InChI=1S/C17H20F2N2.C3H9N.C2H5F/c1-12(13-9-14(18)11-15(19)10-13)5-3-2-4-6-17-16(20)7-8-21-17;1-3(2)4;1-2-3/h2-5,9-11,16-17,21H,1,6-8,20H2;3H,4H2,1-2H3;2H2,1H3/b4-2+,5-3-;;. The van der Waals surface area contributed by atoms with Crippen molar-refractivity contribution in [2.24, 2.45) is 11.5 Å². The third kappa shape index (κ3) is 12.5. The predicted octanol–water partition coefficient (Wildman–Crippen LogP) is 4.50. The molecule has 2 rings (SSSR count). The molecule has 1 aromatic rings. The van der Waals surface area contributed by atoms with E-state index in [-0.39, 0.29) is 12.7 Å². The Morgan fingerprint density at radius 3 is 2.25 bits per heavy atom. The van der Waals surface area contributed by atoms with Crippen molar-refractivity contribution < 1.29 is 13.2 Å².